The predicted octanol–water partition coefficient (Wildman–Crippen LogP) is -0.327. The van der Waals surface area contributed by atoms with Crippen molar-refractivity contribution in [1.29, 1.82) is 0 Å². The topological polar surface area (TPSA) is 78.4 Å². The summed E-state index contributed by atoms with van der Waals surface area (Å²) in [4.78, 5) is 22.3. The van der Waals surface area contributed by atoms with Gasteiger partial charge >= 0.3 is 0 Å². The van der Waals surface area contributed by atoms with E-state index in [2.05, 4.69) is 10.6 Å². The second kappa shape index (κ2) is 5.89. The lowest BCUT2D eigenvalue weighted by Gasteiger charge is -2.22. The molecule has 0 aromatic rings. The fourth-order valence-electron chi connectivity index (χ4n) is 1.50. The maximum atomic E-state index is 11.5. The first-order valence-electron chi connectivity index (χ1n) is 5.59. The molecule has 1 unspecified atom stereocenters. The lowest BCUT2D eigenvalue weighted by Crippen LogP contribution is -2.50. The van der Waals surface area contributed by atoms with E-state index in [1.165, 1.54) is 0 Å². The van der Waals surface area contributed by atoms with E-state index in [9.17, 15) is 14.7 Å². The number of carbonyl (C=O) groups is 2. The Labute approximate surface area is 96.4 Å². The number of rotatable bonds is 6. The largest absolute Gasteiger partial charge is 0.381 e. The normalized spacial score (nSPS) is 18.6. The highest BCUT2D eigenvalue weighted by Gasteiger charge is 2.30. The molecule has 0 spiro atoms. The van der Waals surface area contributed by atoms with Crippen LogP contribution in [-0.4, -0.2) is 42.9 Å². The van der Waals surface area contributed by atoms with Crippen LogP contribution in [0.5, 0.6) is 0 Å². The van der Waals surface area contributed by atoms with Crippen molar-refractivity contribution in [1.82, 2.24) is 10.6 Å². The van der Waals surface area contributed by atoms with Gasteiger partial charge in [-0.25, -0.2) is 0 Å². The summed E-state index contributed by atoms with van der Waals surface area (Å²) in [5.74, 6) is -1.16. The summed E-state index contributed by atoms with van der Waals surface area (Å²) in [7, 11) is 4.98. The fraction of sp³-hybridized carbons (Fsp3) is 0.800. The molecular formula is C10H17BN2O3. The molecule has 0 aromatic carbocycles. The molecule has 0 aliphatic heterocycles. The first-order valence-corrected chi connectivity index (χ1v) is 5.59. The SMILES string of the molecule is [B]C(=O)N[C@@H](CCC)C(O)C(=O)NC1CC1. The van der Waals surface area contributed by atoms with Gasteiger partial charge in [-0.15, -0.1) is 0 Å². The Hall–Kier alpha value is -1.04. The van der Waals surface area contributed by atoms with Crippen LogP contribution in [0.15, 0.2) is 0 Å². The molecular weight excluding hydrogens is 207 g/mol. The molecule has 2 amide bonds. The van der Waals surface area contributed by atoms with E-state index >= 15 is 0 Å². The standard InChI is InChI=1S/C10H17BN2O3/c1-2-3-7(13-10(11)16)8(14)9(15)12-6-4-5-6/h6-8,14H,2-5H2,1H3,(H,12,15)(H,13,16)/t7-,8?/m0/s1. The lowest BCUT2D eigenvalue weighted by molar-refractivity contribution is -0.130. The van der Waals surface area contributed by atoms with Gasteiger partial charge in [0.15, 0.2) is 11.9 Å². The third kappa shape index (κ3) is 4.22. The number of hydrogen-bond donors (Lipinski definition) is 3. The number of aliphatic hydroxyl groups excluding tert-OH is 1. The molecule has 0 saturated heterocycles. The van der Waals surface area contributed by atoms with Crippen LogP contribution in [0.1, 0.15) is 32.6 Å². The van der Waals surface area contributed by atoms with Crippen molar-refractivity contribution in [2.24, 2.45) is 0 Å². The highest BCUT2D eigenvalue weighted by molar-refractivity contribution is 6.57. The van der Waals surface area contributed by atoms with Crippen LogP contribution in [0.3, 0.4) is 0 Å². The second-order valence-corrected chi connectivity index (χ2v) is 4.13. The molecule has 1 aliphatic rings. The van der Waals surface area contributed by atoms with Gasteiger partial charge in [-0.05, 0) is 19.3 Å². The van der Waals surface area contributed by atoms with Gasteiger partial charge in [-0.2, -0.15) is 0 Å². The van der Waals surface area contributed by atoms with Gasteiger partial charge in [0.05, 0.1) is 6.04 Å². The second-order valence-electron chi connectivity index (χ2n) is 4.13. The molecule has 1 aliphatic carbocycles. The average Bonchev–Trinajstić information content (AvgIpc) is 2.99. The molecule has 88 valence electrons. The Morgan fingerprint density at radius 1 is 1.50 bits per heavy atom. The molecule has 0 heterocycles. The molecule has 0 bridgehead atoms. The molecule has 0 aromatic heterocycles. The highest BCUT2D eigenvalue weighted by atomic mass is 16.3. The van der Waals surface area contributed by atoms with Crippen molar-refractivity contribution in [3.8, 4) is 0 Å². The van der Waals surface area contributed by atoms with Crippen LogP contribution in [0, 0.1) is 0 Å². The van der Waals surface area contributed by atoms with Crippen LogP contribution in [0.25, 0.3) is 0 Å². The number of carbonyl (C=O) groups excluding carboxylic acids is 2. The maximum Gasteiger partial charge on any atom is 0.251 e. The van der Waals surface area contributed by atoms with Gasteiger partial charge < -0.3 is 15.7 Å². The summed E-state index contributed by atoms with van der Waals surface area (Å²) in [6.07, 6.45) is 1.95. The van der Waals surface area contributed by atoms with Gasteiger partial charge in [-0.1, -0.05) is 13.3 Å². The van der Waals surface area contributed by atoms with E-state index in [0.717, 1.165) is 19.3 Å². The Bertz CT molecular complexity index is 269. The zero-order valence-electron chi connectivity index (χ0n) is 9.40. The van der Waals surface area contributed by atoms with E-state index in [1.807, 2.05) is 6.92 Å². The van der Waals surface area contributed by atoms with Gasteiger partial charge in [0, 0.05) is 6.04 Å². The molecule has 2 radical (unpaired) electrons. The molecule has 1 saturated carbocycles. The number of hydrogen-bond acceptors (Lipinski definition) is 3. The minimum atomic E-state index is -1.23. The van der Waals surface area contributed by atoms with E-state index in [-0.39, 0.29) is 6.04 Å². The minimum Gasteiger partial charge on any atom is -0.381 e. The number of amides is 2. The van der Waals surface area contributed by atoms with E-state index in [0.29, 0.717) is 6.42 Å². The molecule has 6 heteroatoms. The summed E-state index contributed by atoms with van der Waals surface area (Å²) in [6.45, 7) is 1.90. The van der Waals surface area contributed by atoms with E-state index in [4.69, 9.17) is 7.85 Å². The summed E-state index contributed by atoms with van der Waals surface area (Å²) >= 11 is 0. The van der Waals surface area contributed by atoms with Crippen molar-refractivity contribution in [2.75, 3.05) is 0 Å². The molecule has 16 heavy (non-hydrogen) atoms. The van der Waals surface area contributed by atoms with Crippen LogP contribution >= 0.6 is 0 Å². The van der Waals surface area contributed by atoms with Crippen LogP contribution in [0.4, 0.5) is 4.79 Å². The Balaban J connectivity index is 2.46. The van der Waals surface area contributed by atoms with Crippen LogP contribution in [-0.2, 0) is 4.79 Å². The van der Waals surface area contributed by atoms with Gasteiger partial charge in [0.2, 0.25) is 7.85 Å². The summed E-state index contributed by atoms with van der Waals surface area (Å²) in [5.41, 5.74) is 0. The number of nitrogens with one attached hydrogen (secondary N) is 2. The van der Waals surface area contributed by atoms with Crippen molar-refractivity contribution in [3.63, 3.8) is 0 Å². The fourth-order valence-corrected chi connectivity index (χ4v) is 1.50. The van der Waals surface area contributed by atoms with Crippen molar-refractivity contribution >= 4 is 19.6 Å². The van der Waals surface area contributed by atoms with Crippen molar-refractivity contribution in [3.05, 3.63) is 0 Å². The maximum absolute atomic E-state index is 11.5. The van der Waals surface area contributed by atoms with E-state index < -0.39 is 23.9 Å². The molecule has 1 rings (SSSR count). The Kier molecular flexibility index (Phi) is 4.80. The van der Waals surface area contributed by atoms with Gasteiger partial charge in [-0.3, -0.25) is 9.59 Å². The molecule has 3 N–H and O–H groups in total. The Morgan fingerprint density at radius 2 is 2.12 bits per heavy atom. The molecule has 1 fully saturated rings. The Morgan fingerprint density at radius 3 is 2.56 bits per heavy atom. The third-order valence-corrected chi connectivity index (χ3v) is 2.50. The first kappa shape index (κ1) is 13.0. The quantitative estimate of drug-likeness (QED) is 0.540. The van der Waals surface area contributed by atoms with E-state index in [1.54, 1.807) is 0 Å². The zero-order valence-corrected chi connectivity index (χ0v) is 9.40. The molecule has 5 nitrogen and oxygen atoms in total. The van der Waals surface area contributed by atoms with Crippen LogP contribution < -0.4 is 10.6 Å². The number of aliphatic hydroxyl groups is 1. The van der Waals surface area contributed by atoms with Crippen molar-refractivity contribution in [2.45, 2.75) is 50.8 Å². The first-order chi connectivity index (χ1) is 7.54. The van der Waals surface area contributed by atoms with Gasteiger partial charge in [0.25, 0.3) is 5.91 Å². The summed E-state index contributed by atoms with van der Waals surface area (Å²) in [5, 5.41) is 14.8. The minimum absolute atomic E-state index is 0.193. The smallest absolute Gasteiger partial charge is 0.251 e. The monoisotopic (exact) mass is 224 g/mol. The predicted molar refractivity (Wildman–Crippen MR) is 60.2 cm³/mol. The summed E-state index contributed by atoms with van der Waals surface area (Å²) < 4.78 is 0. The molecule has 2 atom stereocenters. The summed E-state index contributed by atoms with van der Waals surface area (Å²) in [6, 6.07) is -0.417. The van der Waals surface area contributed by atoms with Gasteiger partial charge in [0.1, 0.15) is 0 Å². The van der Waals surface area contributed by atoms with Crippen molar-refractivity contribution < 1.29 is 14.7 Å². The lowest BCUT2D eigenvalue weighted by atomic mass is 10.0. The average molecular weight is 224 g/mol. The van der Waals surface area contributed by atoms with Crippen LogP contribution in [0.2, 0.25) is 0 Å². The third-order valence-electron chi connectivity index (χ3n) is 2.50. The zero-order chi connectivity index (χ0) is 12.1. The highest BCUT2D eigenvalue weighted by Crippen LogP contribution is 2.19.